The summed E-state index contributed by atoms with van der Waals surface area (Å²) in [6.07, 6.45) is 3.05. The SMILES string of the molecule is CC1C2CC[C@H](C)C12. The van der Waals surface area contributed by atoms with Gasteiger partial charge in [0.1, 0.15) is 0 Å². The maximum Gasteiger partial charge on any atom is -0.0329 e. The van der Waals surface area contributed by atoms with Crippen LogP contribution in [0.2, 0.25) is 0 Å². The maximum atomic E-state index is 2.41. The molecule has 4 atom stereocenters. The van der Waals surface area contributed by atoms with E-state index >= 15 is 0 Å². The van der Waals surface area contributed by atoms with Crippen molar-refractivity contribution in [2.75, 3.05) is 0 Å². The van der Waals surface area contributed by atoms with E-state index in [4.69, 9.17) is 0 Å². The van der Waals surface area contributed by atoms with E-state index in [1.165, 1.54) is 12.8 Å². The van der Waals surface area contributed by atoms with Crippen LogP contribution >= 0.6 is 0 Å². The minimum atomic E-state index is 1.06. The van der Waals surface area contributed by atoms with Crippen LogP contribution in [0.25, 0.3) is 0 Å². The summed E-state index contributed by atoms with van der Waals surface area (Å²) in [5.74, 6) is 4.47. The Labute approximate surface area is 51.3 Å². The summed E-state index contributed by atoms with van der Waals surface area (Å²) in [6.45, 7) is 4.82. The molecule has 0 aliphatic heterocycles. The van der Waals surface area contributed by atoms with Crippen LogP contribution in [0.15, 0.2) is 0 Å². The van der Waals surface area contributed by atoms with Crippen LogP contribution in [-0.2, 0) is 0 Å². The first kappa shape index (κ1) is 4.84. The molecule has 3 unspecified atom stereocenters. The molecule has 2 fully saturated rings. The Morgan fingerprint density at radius 3 is 2.12 bits per heavy atom. The standard InChI is InChI=1S/C8H14/c1-5-3-4-7-6(2)8(5)7/h5-8H,3-4H2,1-2H3/t5-,6?,7?,8?/m0/s1. The van der Waals surface area contributed by atoms with Gasteiger partial charge in [0.15, 0.2) is 0 Å². The van der Waals surface area contributed by atoms with Crippen molar-refractivity contribution in [1.29, 1.82) is 0 Å². The summed E-state index contributed by atoms with van der Waals surface area (Å²) >= 11 is 0. The average molecular weight is 110 g/mol. The molecule has 0 amide bonds. The molecular weight excluding hydrogens is 96.1 g/mol. The maximum absolute atomic E-state index is 2.41. The largest absolute Gasteiger partial charge is 0.0622 e. The number of hydrogen-bond donors (Lipinski definition) is 0. The highest BCUT2D eigenvalue weighted by Gasteiger charge is 2.52. The van der Waals surface area contributed by atoms with E-state index in [1.807, 2.05) is 0 Å². The molecule has 0 spiro atoms. The highest BCUT2D eigenvalue weighted by Crippen LogP contribution is 2.59. The topological polar surface area (TPSA) is 0 Å². The molecule has 46 valence electrons. The van der Waals surface area contributed by atoms with Crippen LogP contribution in [0.1, 0.15) is 26.7 Å². The normalized spacial score (nSPS) is 60.8. The van der Waals surface area contributed by atoms with Gasteiger partial charge in [-0.1, -0.05) is 20.3 Å². The second-order valence-corrected chi connectivity index (χ2v) is 3.65. The van der Waals surface area contributed by atoms with Gasteiger partial charge in [-0.05, 0) is 30.1 Å². The summed E-state index contributed by atoms with van der Waals surface area (Å²) < 4.78 is 0. The second-order valence-electron chi connectivity index (χ2n) is 3.65. The summed E-state index contributed by atoms with van der Waals surface area (Å²) in [6, 6.07) is 0. The second kappa shape index (κ2) is 1.29. The first-order valence-electron chi connectivity index (χ1n) is 3.80. The first-order valence-corrected chi connectivity index (χ1v) is 3.80. The van der Waals surface area contributed by atoms with Gasteiger partial charge in [-0.3, -0.25) is 0 Å². The van der Waals surface area contributed by atoms with E-state index < -0.39 is 0 Å². The van der Waals surface area contributed by atoms with E-state index in [1.54, 1.807) is 0 Å². The number of fused-ring (bicyclic) bond motifs is 1. The lowest BCUT2D eigenvalue weighted by molar-refractivity contribution is 0.483. The van der Waals surface area contributed by atoms with Crippen molar-refractivity contribution in [3.05, 3.63) is 0 Å². The summed E-state index contributed by atoms with van der Waals surface area (Å²) in [7, 11) is 0. The molecule has 0 radical (unpaired) electrons. The lowest BCUT2D eigenvalue weighted by Crippen LogP contribution is -1.93. The molecule has 0 heteroatoms. The van der Waals surface area contributed by atoms with E-state index in [0.717, 1.165) is 23.7 Å². The molecule has 2 aliphatic rings. The zero-order chi connectivity index (χ0) is 5.72. The van der Waals surface area contributed by atoms with Crippen molar-refractivity contribution in [3.63, 3.8) is 0 Å². The quantitative estimate of drug-likeness (QED) is 0.449. The Morgan fingerprint density at radius 1 is 1.12 bits per heavy atom. The van der Waals surface area contributed by atoms with Gasteiger partial charge < -0.3 is 0 Å². The molecule has 0 aromatic rings. The van der Waals surface area contributed by atoms with Crippen LogP contribution < -0.4 is 0 Å². The van der Waals surface area contributed by atoms with Crippen molar-refractivity contribution in [1.82, 2.24) is 0 Å². The molecule has 2 saturated carbocycles. The predicted octanol–water partition coefficient (Wildman–Crippen LogP) is 2.30. The van der Waals surface area contributed by atoms with E-state index in [2.05, 4.69) is 13.8 Å². The Hall–Kier alpha value is 0. The van der Waals surface area contributed by atoms with Crippen LogP contribution in [0, 0.1) is 23.7 Å². The molecule has 2 rings (SSSR count). The number of rotatable bonds is 0. The minimum absolute atomic E-state index is 1.06. The molecule has 0 nitrogen and oxygen atoms in total. The van der Waals surface area contributed by atoms with Crippen molar-refractivity contribution < 1.29 is 0 Å². The predicted molar refractivity (Wildman–Crippen MR) is 34.5 cm³/mol. The number of hydrogen-bond acceptors (Lipinski definition) is 0. The molecule has 0 aromatic carbocycles. The smallest absolute Gasteiger partial charge is 0.0329 e. The monoisotopic (exact) mass is 110 g/mol. The van der Waals surface area contributed by atoms with Gasteiger partial charge in [-0.2, -0.15) is 0 Å². The zero-order valence-corrected chi connectivity index (χ0v) is 5.72. The minimum Gasteiger partial charge on any atom is -0.0622 e. The Bertz CT molecular complexity index is 105. The van der Waals surface area contributed by atoms with Gasteiger partial charge in [0.25, 0.3) is 0 Å². The van der Waals surface area contributed by atoms with E-state index in [9.17, 15) is 0 Å². The van der Waals surface area contributed by atoms with Crippen LogP contribution in [-0.4, -0.2) is 0 Å². The summed E-state index contributed by atoms with van der Waals surface area (Å²) in [5.41, 5.74) is 0. The lowest BCUT2D eigenvalue weighted by atomic mass is 10.0. The fourth-order valence-electron chi connectivity index (χ4n) is 2.62. The van der Waals surface area contributed by atoms with Crippen molar-refractivity contribution in [2.24, 2.45) is 23.7 Å². The van der Waals surface area contributed by atoms with Crippen molar-refractivity contribution in [2.45, 2.75) is 26.7 Å². The van der Waals surface area contributed by atoms with Crippen molar-refractivity contribution in [3.8, 4) is 0 Å². The zero-order valence-electron chi connectivity index (χ0n) is 5.72. The molecule has 0 saturated heterocycles. The Kier molecular flexibility index (Phi) is 0.778. The molecule has 0 aromatic heterocycles. The highest BCUT2D eigenvalue weighted by atomic mass is 14.6. The third-order valence-electron chi connectivity index (χ3n) is 3.25. The highest BCUT2D eigenvalue weighted by molar-refractivity contribution is 5.01. The summed E-state index contributed by atoms with van der Waals surface area (Å²) in [4.78, 5) is 0. The third kappa shape index (κ3) is 0.416. The molecule has 0 heterocycles. The fourth-order valence-corrected chi connectivity index (χ4v) is 2.62. The third-order valence-corrected chi connectivity index (χ3v) is 3.25. The van der Waals surface area contributed by atoms with Gasteiger partial charge >= 0.3 is 0 Å². The van der Waals surface area contributed by atoms with Crippen LogP contribution in [0.3, 0.4) is 0 Å². The molecular formula is C8H14. The van der Waals surface area contributed by atoms with Crippen molar-refractivity contribution >= 4 is 0 Å². The molecule has 0 bridgehead atoms. The average Bonchev–Trinajstić information content (AvgIpc) is 2.13. The lowest BCUT2D eigenvalue weighted by Gasteiger charge is -2.02. The van der Waals surface area contributed by atoms with Gasteiger partial charge in [-0.15, -0.1) is 0 Å². The fraction of sp³-hybridized carbons (Fsp3) is 1.00. The van der Waals surface area contributed by atoms with Crippen LogP contribution in [0.5, 0.6) is 0 Å². The Morgan fingerprint density at radius 2 is 1.88 bits per heavy atom. The van der Waals surface area contributed by atoms with E-state index in [0.29, 0.717) is 0 Å². The molecule has 8 heavy (non-hydrogen) atoms. The van der Waals surface area contributed by atoms with E-state index in [-0.39, 0.29) is 0 Å². The van der Waals surface area contributed by atoms with Crippen LogP contribution in [0.4, 0.5) is 0 Å². The summed E-state index contributed by atoms with van der Waals surface area (Å²) in [5, 5.41) is 0. The molecule has 0 N–H and O–H groups in total. The first-order chi connectivity index (χ1) is 3.80. The van der Waals surface area contributed by atoms with Gasteiger partial charge in [-0.25, -0.2) is 0 Å². The van der Waals surface area contributed by atoms with Gasteiger partial charge in [0, 0.05) is 0 Å². The Balaban J connectivity index is 2.07. The van der Waals surface area contributed by atoms with Gasteiger partial charge in [0.2, 0.25) is 0 Å². The molecule has 2 aliphatic carbocycles. The van der Waals surface area contributed by atoms with Gasteiger partial charge in [0.05, 0.1) is 0 Å².